The summed E-state index contributed by atoms with van der Waals surface area (Å²) in [5.41, 5.74) is 5.30. The predicted octanol–water partition coefficient (Wildman–Crippen LogP) is 4.67. The first kappa shape index (κ1) is 27.9. The number of carbonyl (C=O) groups is 1. The number of anilines is 1. The third-order valence-electron chi connectivity index (χ3n) is 7.79. The highest BCUT2D eigenvalue weighted by Crippen LogP contribution is 2.35. The molecule has 2 aromatic heterocycles. The minimum absolute atomic E-state index is 0.0468. The summed E-state index contributed by atoms with van der Waals surface area (Å²) in [4.78, 5) is 33.8. The fourth-order valence-electron chi connectivity index (χ4n) is 5.59. The van der Waals surface area contributed by atoms with Gasteiger partial charge in [-0.05, 0) is 83.8 Å². The minimum atomic E-state index is -0.238. The molecule has 1 amide bonds. The maximum absolute atomic E-state index is 13.6. The molecular weight excluding hydrogens is 500 g/mol. The Morgan fingerprint density at radius 1 is 1.13 bits per heavy atom. The summed E-state index contributed by atoms with van der Waals surface area (Å²) in [6, 6.07) is 6.63. The fourth-order valence-corrected chi connectivity index (χ4v) is 5.90. The smallest absolute Gasteiger partial charge is 0.251 e. The molecule has 0 radical (unpaired) electrons. The summed E-state index contributed by atoms with van der Waals surface area (Å²) < 4.78 is 1.76. The van der Waals surface area contributed by atoms with Gasteiger partial charge in [0.2, 0.25) is 0 Å². The number of halogens is 1. The molecule has 1 saturated carbocycles. The topological polar surface area (TPSA) is 86.3 Å². The third kappa shape index (κ3) is 5.97. The number of hydrogen-bond acceptors (Lipinski definition) is 5. The molecule has 0 unspecified atom stereocenters. The van der Waals surface area contributed by atoms with E-state index in [-0.39, 0.29) is 23.0 Å². The Kier molecular flexibility index (Phi) is 8.63. The number of benzene rings is 1. The van der Waals surface area contributed by atoms with Crippen LogP contribution in [0.2, 0.25) is 5.15 Å². The van der Waals surface area contributed by atoms with E-state index in [0.29, 0.717) is 28.9 Å². The first-order valence-electron chi connectivity index (χ1n) is 13.3. The van der Waals surface area contributed by atoms with Crippen molar-refractivity contribution in [3.63, 3.8) is 0 Å². The minimum Gasteiger partial charge on any atom is -0.369 e. The lowest BCUT2D eigenvalue weighted by Gasteiger charge is -2.40. The van der Waals surface area contributed by atoms with Gasteiger partial charge in [0.25, 0.3) is 5.91 Å². The average Bonchev–Trinajstić information content (AvgIpc) is 3.31. The molecule has 1 fully saturated rings. The zero-order valence-corrected chi connectivity index (χ0v) is 24.0. The van der Waals surface area contributed by atoms with E-state index in [0.717, 1.165) is 54.6 Å². The zero-order valence-electron chi connectivity index (χ0n) is 23.3. The van der Waals surface area contributed by atoms with Gasteiger partial charge in [-0.1, -0.05) is 11.6 Å². The molecule has 0 saturated heterocycles. The van der Waals surface area contributed by atoms with E-state index in [1.807, 2.05) is 32.4 Å². The lowest BCUT2D eigenvalue weighted by Crippen LogP contribution is -2.42. The molecule has 1 aromatic carbocycles. The van der Waals surface area contributed by atoms with E-state index in [4.69, 9.17) is 11.6 Å². The standard InChI is InChI=1S/C29H39ClN6O2/c1-7-36(23-10-8-22(9-11-23)34(4)5)26-14-20(21-15-32-35(6)17-21)13-24(19(26)3)29(38)31-16-25-27(37)12-18(2)33-28(25)30/h12-15,17,22-23H,7-11,16H2,1-6H3,(H,31,38)(H,33,37). The van der Waals surface area contributed by atoms with Gasteiger partial charge in [0, 0.05) is 67.0 Å². The molecule has 0 atom stereocenters. The number of rotatable bonds is 8. The van der Waals surface area contributed by atoms with Crippen LogP contribution in [0.5, 0.6) is 0 Å². The van der Waals surface area contributed by atoms with E-state index in [1.165, 1.54) is 6.07 Å². The molecule has 1 aliphatic rings. The molecule has 3 aromatic rings. The molecule has 1 aliphatic carbocycles. The number of pyridine rings is 1. The van der Waals surface area contributed by atoms with E-state index < -0.39 is 0 Å². The first-order chi connectivity index (χ1) is 18.1. The van der Waals surface area contributed by atoms with E-state index in [1.54, 1.807) is 11.6 Å². The predicted molar refractivity (Wildman–Crippen MR) is 154 cm³/mol. The van der Waals surface area contributed by atoms with Gasteiger partial charge in [-0.2, -0.15) is 5.10 Å². The largest absolute Gasteiger partial charge is 0.369 e. The van der Waals surface area contributed by atoms with Gasteiger partial charge in [-0.15, -0.1) is 0 Å². The van der Waals surface area contributed by atoms with Crippen LogP contribution in [0.4, 0.5) is 5.69 Å². The van der Waals surface area contributed by atoms with Crippen molar-refractivity contribution in [2.24, 2.45) is 7.05 Å². The van der Waals surface area contributed by atoms with Crippen LogP contribution in [0.1, 0.15) is 59.8 Å². The number of amides is 1. The number of carbonyl (C=O) groups excluding carboxylic acids is 1. The Hall–Kier alpha value is -3.10. The van der Waals surface area contributed by atoms with Crippen LogP contribution in [-0.4, -0.2) is 58.3 Å². The normalized spacial score (nSPS) is 17.6. The molecule has 2 N–H and O–H groups in total. The Morgan fingerprint density at radius 3 is 2.39 bits per heavy atom. The quantitative estimate of drug-likeness (QED) is 0.407. The van der Waals surface area contributed by atoms with Crippen LogP contribution in [0.3, 0.4) is 0 Å². The lowest BCUT2D eigenvalue weighted by molar-refractivity contribution is 0.0950. The van der Waals surface area contributed by atoms with Gasteiger partial charge in [-0.25, -0.2) is 0 Å². The van der Waals surface area contributed by atoms with Crippen LogP contribution in [0.15, 0.2) is 35.4 Å². The van der Waals surface area contributed by atoms with Crippen molar-refractivity contribution in [1.29, 1.82) is 0 Å². The maximum Gasteiger partial charge on any atom is 0.251 e. The Bertz CT molecular complexity index is 1350. The van der Waals surface area contributed by atoms with Gasteiger partial charge < -0.3 is 20.1 Å². The lowest BCUT2D eigenvalue weighted by atomic mass is 9.88. The number of H-pyrrole nitrogens is 1. The summed E-state index contributed by atoms with van der Waals surface area (Å²) in [6.07, 6.45) is 8.33. The highest BCUT2D eigenvalue weighted by molar-refractivity contribution is 6.30. The second-order valence-corrected chi connectivity index (χ2v) is 11.0. The Balaban J connectivity index is 1.68. The first-order valence-corrected chi connectivity index (χ1v) is 13.7. The zero-order chi connectivity index (χ0) is 27.6. The molecule has 2 heterocycles. The van der Waals surface area contributed by atoms with Gasteiger partial charge in [0.05, 0.1) is 11.8 Å². The van der Waals surface area contributed by atoms with E-state index >= 15 is 0 Å². The van der Waals surface area contributed by atoms with Crippen LogP contribution >= 0.6 is 11.6 Å². The van der Waals surface area contributed by atoms with Crippen molar-refractivity contribution >= 4 is 23.2 Å². The summed E-state index contributed by atoms with van der Waals surface area (Å²) in [5, 5.41) is 7.53. The Morgan fingerprint density at radius 2 is 1.82 bits per heavy atom. The van der Waals surface area contributed by atoms with Gasteiger partial charge in [-0.3, -0.25) is 14.3 Å². The Labute approximate surface area is 230 Å². The molecule has 0 spiro atoms. The molecular formula is C29H39ClN6O2. The van der Waals surface area contributed by atoms with Crippen LogP contribution in [-0.2, 0) is 13.6 Å². The van der Waals surface area contributed by atoms with Crippen molar-refractivity contribution in [3.05, 3.63) is 68.4 Å². The second kappa shape index (κ2) is 11.7. The SMILES string of the molecule is CCN(c1cc(-c2cnn(C)c2)cc(C(=O)NCc2c(Cl)[nH]c(C)cc2=O)c1C)C1CCC(N(C)C)CC1. The molecule has 8 nitrogen and oxygen atoms in total. The molecule has 0 aliphatic heterocycles. The van der Waals surface area contributed by atoms with Crippen molar-refractivity contribution in [2.45, 2.75) is 65.1 Å². The number of aromatic amines is 1. The van der Waals surface area contributed by atoms with Crippen molar-refractivity contribution in [1.82, 2.24) is 25.0 Å². The van der Waals surface area contributed by atoms with Crippen LogP contribution < -0.4 is 15.6 Å². The highest BCUT2D eigenvalue weighted by Gasteiger charge is 2.28. The number of nitrogens with one attached hydrogen (secondary N) is 2. The average molecular weight is 539 g/mol. The third-order valence-corrected chi connectivity index (χ3v) is 8.12. The molecule has 38 heavy (non-hydrogen) atoms. The molecule has 0 bridgehead atoms. The summed E-state index contributed by atoms with van der Waals surface area (Å²) in [5.74, 6) is -0.238. The highest BCUT2D eigenvalue weighted by atomic mass is 35.5. The monoisotopic (exact) mass is 538 g/mol. The van der Waals surface area contributed by atoms with Gasteiger partial charge in [0.1, 0.15) is 5.15 Å². The summed E-state index contributed by atoms with van der Waals surface area (Å²) in [7, 11) is 6.20. The van der Waals surface area contributed by atoms with Crippen molar-refractivity contribution < 1.29 is 4.79 Å². The fraction of sp³-hybridized carbons (Fsp3) is 0.483. The van der Waals surface area contributed by atoms with Crippen LogP contribution in [0.25, 0.3) is 11.1 Å². The summed E-state index contributed by atoms with van der Waals surface area (Å²) >= 11 is 6.28. The second-order valence-electron chi connectivity index (χ2n) is 10.6. The van der Waals surface area contributed by atoms with Crippen LogP contribution in [0, 0.1) is 13.8 Å². The summed E-state index contributed by atoms with van der Waals surface area (Å²) in [6.45, 7) is 6.86. The van der Waals surface area contributed by atoms with E-state index in [9.17, 15) is 9.59 Å². The van der Waals surface area contributed by atoms with Gasteiger partial charge in [0.15, 0.2) is 5.43 Å². The molecule has 4 rings (SSSR count). The maximum atomic E-state index is 13.6. The number of nitrogens with zero attached hydrogens (tertiary/aromatic N) is 4. The van der Waals surface area contributed by atoms with Gasteiger partial charge >= 0.3 is 0 Å². The van der Waals surface area contributed by atoms with E-state index in [2.05, 4.69) is 52.3 Å². The number of aromatic nitrogens is 3. The van der Waals surface area contributed by atoms with Crippen molar-refractivity contribution in [2.75, 3.05) is 25.5 Å². The molecule has 9 heteroatoms. The van der Waals surface area contributed by atoms with Crippen molar-refractivity contribution in [3.8, 4) is 11.1 Å². The molecule has 204 valence electrons. The number of hydrogen-bond donors (Lipinski definition) is 2. The number of aryl methyl sites for hydroxylation is 2.